The van der Waals surface area contributed by atoms with E-state index >= 15 is 0 Å². The average Bonchev–Trinajstić information content (AvgIpc) is 2.93. The SMILES string of the molecule is Cn1cc(CC2(N)CC2)c(C2CCOCC2)n1. The van der Waals surface area contributed by atoms with Crippen LogP contribution in [0, 0.1) is 0 Å². The molecule has 1 aliphatic heterocycles. The van der Waals surface area contributed by atoms with Crippen LogP contribution in [0.5, 0.6) is 0 Å². The van der Waals surface area contributed by atoms with Gasteiger partial charge >= 0.3 is 0 Å². The molecule has 2 aliphatic rings. The Kier molecular flexibility index (Phi) is 2.71. The van der Waals surface area contributed by atoms with Crippen LogP contribution in [0.15, 0.2) is 6.20 Å². The summed E-state index contributed by atoms with van der Waals surface area (Å²) in [6, 6.07) is 0. The van der Waals surface area contributed by atoms with Gasteiger partial charge in [0.05, 0.1) is 5.69 Å². The van der Waals surface area contributed by atoms with Crippen molar-refractivity contribution < 1.29 is 4.74 Å². The molecule has 0 atom stereocenters. The van der Waals surface area contributed by atoms with E-state index < -0.39 is 0 Å². The van der Waals surface area contributed by atoms with Gasteiger partial charge < -0.3 is 10.5 Å². The van der Waals surface area contributed by atoms with Crippen molar-refractivity contribution in [2.24, 2.45) is 12.8 Å². The highest BCUT2D eigenvalue weighted by Crippen LogP contribution is 2.38. The number of nitrogens with zero attached hydrogens (tertiary/aromatic N) is 2. The van der Waals surface area contributed by atoms with E-state index in [-0.39, 0.29) is 5.54 Å². The van der Waals surface area contributed by atoms with E-state index in [2.05, 4.69) is 11.3 Å². The number of ether oxygens (including phenoxy) is 1. The van der Waals surface area contributed by atoms with Crippen molar-refractivity contribution in [1.29, 1.82) is 0 Å². The molecule has 94 valence electrons. The largest absolute Gasteiger partial charge is 0.381 e. The Morgan fingerprint density at radius 2 is 2.18 bits per heavy atom. The fourth-order valence-corrected chi connectivity index (χ4v) is 2.72. The molecule has 17 heavy (non-hydrogen) atoms. The van der Waals surface area contributed by atoms with Crippen molar-refractivity contribution in [2.75, 3.05) is 13.2 Å². The molecule has 4 heteroatoms. The molecule has 0 spiro atoms. The molecular formula is C13H21N3O. The first-order valence-electron chi connectivity index (χ1n) is 6.55. The predicted molar refractivity (Wildman–Crippen MR) is 65.9 cm³/mol. The van der Waals surface area contributed by atoms with Crippen molar-refractivity contribution in [3.8, 4) is 0 Å². The zero-order valence-corrected chi connectivity index (χ0v) is 10.5. The lowest BCUT2D eigenvalue weighted by Crippen LogP contribution is -2.25. The molecule has 0 amide bonds. The maximum absolute atomic E-state index is 6.22. The van der Waals surface area contributed by atoms with Gasteiger partial charge in [-0.25, -0.2) is 0 Å². The Bertz CT molecular complexity index is 403. The summed E-state index contributed by atoms with van der Waals surface area (Å²) in [5.41, 5.74) is 8.93. The summed E-state index contributed by atoms with van der Waals surface area (Å²) in [5, 5.41) is 4.65. The summed E-state index contributed by atoms with van der Waals surface area (Å²) in [6.45, 7) is 1.74. The Morgan fingerprint density at radius 1 is 1.47 bits per heavy atom. The third-order valence-electron chi connectivity index (χ3n) is 3.98. The van der Waals surface area contributed by atoms with Crippen LogP contribution in [0.3, 0.4) is 0 Å². The van der Waals surface area contributed by atoms with Crippen LogP contribution in [-0.4, -0.2) is 28.5 Å². The molecule has 1 saturated carbocycles. The van der Waals surface area contributed by atoms with Crippen LogP contribution in [0.25, 0.3) is 0 Å². The summed E-state index contributed by atoms with van der Waals surface area (Å²) in [4.78, 5) is 0. The van der Waals surface area contributed by atoms with Gasteiger partial charge in [-0.1, -0.05) is 0 Å². The topological polar surface area (TPSA) is 53.1 Å². The van der Waals surface area contributed by atoms with E-state index in [4.69, 9.17) is 10.5 Å². The quantitative estimate of drug-likeness (QED) is 0.860. The third-order valence-corrected chi connectivity index (χ3v) is 3.98. The molecule has 1 aromatic heterocycles. The van der Waals surface area contributed by atoms with E-state index in [1.165, 1.54) is 11.3 Å². The van der Waals surface area contributed by atoms with Gasteiger partial charge in [-0.05, 0) is 37.7 Å². The van der Waals surface area contributed by atoms with Crippen LogP contribution in [0.2, 0.25) is 0 Å². The second kappa shape index (κ2) is 4.10. The van der Waals surface area contributed by atoms with Crippen molar-refractivity contribution in [3.05, 3.63) is 17.5 Å². The zero-order chi connectivity index (χ0) is 11.9. The van der Waals surface area contributed by atoms with Crippen LogP contribution >= 0.6 is 0 Å². The summed E-state index contributed by atoms with van der Waals surface area (Å²) in [7, 11) is 2.00. The highest BCUT2D eigenvalue weighted by Gasteiger charge is 2.39. The summed E-state index contributed by atoms with van der Waals surface area (Å²) >= 11 is 0. The monoisotopic (exact) mass is 235 g/mol. The maximum atomic E-state index is 6.22. The summed E-state index contributed by atoms with van der Waals surface area (Å²) in [5.74, 6) is 0.572. The smallest absolute Gasteiger partial charge is 0.0689 e. The number of aromatic nitrogens is 2. The second-order valence-corrected chi connectivity index (χ2v) is 5.64. The first-order valence-corrected chi connectivity index (χ1v) is 6.55. The average molecular weight is 235 g/mol. The van der Waals surface area contributed by atoms with E-state index in [9.17, 15) is 0 Å². The fourth-order valence-electron chi connectivity index (χ4n) is 2.72. The normalized spacial score (nSPS) is 23.9. The summed E-state index contributed by atoms with van der Waals surface area (Å²) in [6.07, 6.45) is 7.67. The minimum atomic E-state index is 0.0724. The first-order chi connectivity index (χ1) is 8.16. The van der Waals surface area contributed by atoms with E-state index in [0.717, 1.165) is 45.3 Å². The lowest BCUT2D eigenvalue weighted by atomic mass is 9.91. The van der Waals surface area contributed by atoms with E-state index in [1.807, 2.05) is 11.7 Å². The molecule has 0 aromatic carbocycles. The molecule has 3 rings (SSSR count). The molecule has 2 N–H and O–H groups in total. The van der Waals surface area contributed by atoms with Gasteiger partial charge in [0.2, 0.25) is 0 Å². The highest BCUT2D eigenvalue weighted by atomic mass is 16.5. The number of nitrogens with two attached hydrogens (primary N) is 1. The van der Waals surface area contributed by atoms with Gasteiger partial charge in [0.1, 0.15) is 0 Å². The lowest BCUT2D eigenvalue weighted by Gasteiger charge is -2.22. The van der Waals surface area contributed by atoms with Crippen molar-refractivity contribution in [1.82, 2.24) is 9.78 Å². The van der Waals surface area contributed by atoms with Crippen molar-refractivity contribution >= 4 is 0 Å². The molecule has 2 fully saturated rings. The molecule has 4 nitrogen and oxygen atoms in total. The minimum Gasteiger partial charge on any atom is -0.381 e. The van der Waals surface area contributed by atoms with Gasteiger partial charge in [-0.2, -0.15) is 5.10 Å². The van der Waals surface area contributed by atoms with Gasteiger partial charge in [0, 0.05) is 37.9 Å². The number of hydrogen-bond acceptors (Lipinski definition) is 3. The van der Waals surface area contributed by atoms with Crippen molar-refractivity contribution in [3.63, 3.8) is 0 Å². The Hall–Kier alpha value is -0.870. The van der Waals surface area contributed by atoms with Gasteiger partial charge in [-0.15, -0.1) is 0 Å². The molecule has 0 bridgehead atoms. The number of hydrogen-bond donors (Lipinski definition) is 1. The second-order valence-electron chi connectivity index (χ2n) is 5.64. The van der Waals surface area contributed by atoms with Crippen LogP contribution in [0.1, 0.15) is 42.9 Å². The Balaban J connectivity index is 1.81. The zero-order valence-electron chi connectivity index (χ0n) is 10.5. The van der Waals surface area contributed by atoms with E-state index in [0.29, 0.717) is 5.92 Å². The minimum absolute atomic E-state index is 0.0724. The predicted octanol–water partition coefficient (Wildman–Crippen LogP) is 1.35. The van der Waals surface area contributed by atoms with Gasteiger partial charge in [0.25, 0.3) is 0 Å². The highest BCUT2D eigenvalue weighted by molar-refractivity contribution is 5.26. The molecule has 0 unspecified atom stereocenters. The molecule has 0 radical (unpaired) electrons. The van der Waals surface area contributed by atoms with Gasteiger partial charge in [-0.3, -0.25) is 4.68 Å². The molecule has 1 saturated heterocycles. The summed E-state index contributed by atoms with van der Waals surface area (Å²) < 4.78 is 7.36. The van der Waals surface area contributed by atoms with Crippen LogP contribution < -0.4 is 5.73 Å². The van der Waals surface area contributed by atoms with Crippen LogP contribution in [-0.2, 0) is 18.2 Å². The van der Waals surface area contributed by atoms with Crippen molar-refractivity contribution in [2.45, 2.75) is 43.6 Å². The molecule has 1 aromatic rings. The third kappa shape index (κ3) is 2.38. The Labute approximate surface area is 102 Å². The lowest BCUT2D eigenvalue weighted by molar-refractivity contribution is 0.0842. The van der Waals surface area contributed by atoms with Gasteiger partial charge in [0.15, 0.2) is 0 Å². The fraction of sp³-hybridized carbons (Fsp3) is 0.769. The molecular weight excluding hydrogens is 214 g/mol. The molecule has 2 heterocycles. The number of aryl methyl sites for hydroxylation is 1. The maximum Gasteiger partial charge on any atom is 0.0689 e. The van der Waals surface area contributed by atoms with Crippen LogP contribution in [0.4, 0.5) is 0 Å². The molecule has 1 aliphatic carbocycles. The number of rotatable bonds is 3. The van der Waals surface area contributed by atoms with E-state index in [1.54, 1.807) is 0 Å². The Morgan fingerprint density at radius 3 is 2.82 bits per heavy atom. The first kappa shape index (κ1) is 11.2. The standard InChI is InChI=1S/C13H21N3O/c1-16-9-11(8-13(14)4-5-13)12(15-16)10-2-6-17-7-3-10/h9-10H,2-8,14H2,1H3.